The third-order valence-corrected chi connectivity index (χ3v) is 4.39. The number of esters is 1. The van der Waals surface area contributed by atoms with E-state index in [4.69, 9.17) is 14.2 Å². The predicted octanol–water partition coefficient (Wildman–Crippen LogP) is 3.75. The molecule has 1 unspecified atom stereocenters. The predicted molar refractivity (Wildman–Crippen MR) is 109 cm³/mol. The van der Waals surface area contributed by atoms with Gasteiger partial charge in [-0.05, 0) is 42.0 Å². The first-order chi connectivity index (χ1) is 13.9. The van der Waals surface area contributed by atoms with E-state index in [0.29, 0.717) is 17.2 Å². The normalized spacial score (nSPS) is 11.6. The van der Waals surface area contributed by atoms with Crippen molar-refractivity contribution >= 4 is 28.3 Å². The Kier molecular flexibility index (Phi) is 5.87. The van der Waals surface area contributed by atoms with Crippen LogP contribution in [0.1, 0.15) is 17.3 Å². The molecular weight excluding hydrogens is 374 g/mol. The molecule has 150 valence electrons. The minimum Gasteiger partial charge on any atom is -0.507 e. The maximum absolute atomic E-state index is 12.5. The summed E-state index contributed by atoms with van der Waals surface area (Å²) >= 11 is 0. The largest absolute Gasteiger partial charge is 0.507 e. The number of hydrogen-bond acceptors (Lipinski definition) is 6. The second-order valence-corrected chi connectivity index (χ2v) is 6.32. The second kappa shape index (κ2) is 8.52. The molecule has 29 heavy (non-hydrogen) atoms. The van der Waals surface area contributed by atoms with Crippen molar-refractivity contribution in [2.75, 3.05) is 19.5 Å². The number of nitrogens with one attached hydrogen (secondary N) is 1. The van der Waals surface area contributed by atoms with Gasteiger partial charge in [-0.25, -0.2) is 4.79 Å². The van der Waals surface area contributed by atoms with E-state index >= 15 is 0 Å². The van der Waals surface area contributed by atoms with Gasteiger partial charge in [-0.2, -0.15) is 0 Å². The lowest BCUT2D eigenvalue weighted by Crippen LogP contribution is -2.30. The Morgan fingerprint density at radius 1 is 0.931 bits per heavy atom. The average molecular weight is 395 g/mol. The molecule has 3 rings (SSSR count). The van der Waals surface area contributed by atoms with Gasteiger partial charge in [0.2, 0.25) is 0 Å². The number of benzene rings is 3. The van der Waals surface area contributed by atoms with Crippen LogP contribution in [-0.4, -0.2) is 37.3 Å². The number of ether oxygens (including phenoxy) is 3. The Bertz CT molecular complexity index is 1060. The number of fused-ring (bicyclic) bond motifs is 1. The molecule has 7 nitrogen and oxygen atoms in total. The van der Waals surface area contributed by atoms with Crippen LogP contribution in [0.2, 0.25) is 0 Å². The average Bonchev–Trinajstić information content (AvgIpc) is 2.72. The van der Waals surface area contributed by atoms with Crippen LogP contribution in [0.5, 0.6) is 17.2 Å². The van der Waals surface area contributed by atoms with Crippen molar-refractivity contribution in [1.82, 2.24) is 0 Å². The van der Waals surface area contributed by atoms with Crippen LogP contribution in [-0.2, 0) is 9.53 Å². The van der Waals surface area contributed by atoms with Crippen LogP contribution in [0.3, 0.4) is 0 Å². The van der Waals surface area contributed by atoms with Crippen LogP contribution in [0.15, 0.2) is 54.6 Å². The van der Waals surface area contributed by atoms with Gasteiger partial charge in [-0.3, -0.25) is 4.79 Å². The molecular formula is C22H21NO6. The maximum Gasteiger partial charge on any atom is 0.342 e. The third-order valence-electron chi connectivity index (χ3n) is 4.39. The number of carbonyl (C=O) groups excluding carboxylic acids is 2. The van der Waals surface area contributed by atoms with E-state index in [0.717, 1.165) is 10.8 Å². The Morgan fingerprint density at radius 2 is 1.59 bits per heavy atom. The lowest BCUT2D eigenvalue weighted by Gasteiger charge is -2.15. The summed E-state index contributed by atoms with van der Waals surface area (Å²) < 4.78 is 15.6. The number of amides is 1. The topological polar surface area (TPSA) is 94.1 Å². The van der Waals surface area contributed by atoms with Gasteiger partial charge in [0.15, 0.2) is 17.6 Å². The molecule has 0 aliphatic rings. The highest BCUT2D eigenvalue weighted by atomic mass is 16.5. The molecule has 0 saturated heterocycles. The third kappa shape index (κ3) is 4.40. The van der Waals surface area contributed by atoms with Crippen molar-refractivity contribution in [2.45, 2.75) is 13.0 Å². The zero-order chi connectivity index (χ0) is 21.0. The van der Waals surface area contributed by atoms with Gasteiger partial charge < -0.3 is 24.6 Å². The zero-order valence-corrected chi connectivity index (χ0v) is 16.3. The number of anilines is 1. The fraction of sp³-hybridized carbons (Fsp3) is 0.182. The molecule has 0 aliphatic heterocycles. The number of hydrogen-bond donors (Lipinski definition) is 2. The highest BCUT2D eigenvalue weighted by Crippen LogP contribution is 2.30. The van der Waals surface area contributed by atoms with Crippen molar-refractivity contribution in [2.24, 2.45) is 0 Å². The SMILES string of the molecule is COc1ccc(NC(=O)C(C)OC(=O)c2cc3ccccc3cc2O)cc1OC. The molecule has 0 aliphatic carbocycles. The molecule has 0 radical (unpaired) electrons. The molecule has 3 aromatic carbocycles. The summed E-state index contributed by atoms with van der Waals surface area (Å²) in [5.74, 6) is -0.539. The molecule has 3 aromatic rings. The monoisotopic (exact) mass is 395 g/mol. The van der Waals surface area contributed by atoms with Crippen molar-refractivity contribution in [3.05, 3.63) is 60.2 Å². The lowest BCUT2D eigenvalue weighted by molar-refractivity contribution is -0.123. The molecule has 0 aromatic heterocycles. The Labute approximate surface area is 167 Å². The van der Waals surface area contributed by atoms with E-state index in [1.165, 1.54) is 33.3 Å². The summed E-state index contributed by atoms with van der Waals surface area (Å²) in [6.07, 6.45) is -1.08. The van der Waals surface area contributed by atoms with Crippen molar-refractivity contribution in [3.63, 3.8) is 0 Å². The molecule has 0 spiro atoms. The van der Waals surface area contributed by atoms with Crippen molar-refractivity contribution in [1.29, 1.82) is 0 Å². The minimum atomic E-state index is -1.08. The number of aromatic hydroxyl groups is 1. The van der Waals surface area contributed by atoms with Crippen LogP contribution in [0, 0.1) is 0 Å². The fourth-order valence-corrected chi connectivity index (χ4v) is 2.83. The van der Waals surface area contributed by atoms with E-state index in [-0.39, 0.29) is 11.3 Å². The maximum atomic E-state index is 12.5. The molecule has 1 atom stereocenters. The quantitative estimate of drug-likeness (QED) is 0.618. The zero-order valence-electron chi connectivity index (χ0n) is 16.3. The first-order valence-electron chi connectivity index (χ1n) is 8.88. The standard InChI is InChI=1S/C22H21NO6/c1-13(21(25)23-16-8-9-19(27-2)20(12-16)28-3)29-22(26)17-10-14-6-4-5-7-15(14)11-18(17)24/h4-13,24H,1-3H3,(H,23,25). The van der Waals surface area contributed by atoms with Gasteiger partial charge >= 0.3 is 5.97 Å². The summed E-state index contributed by atoms with van der Waals surface area (Å²) in [4.78, 5) is 24.9. The Morgan fingerprint density at radius 3 is 2.24 bits per heavy atom. The van der Waals surface area contributed by atoms with Gasteiger partial charge in [-0.1, -0.05) is 24.3 Å². The first kappa shape index (κ1) is 20.0. The summed E-state index contributed by atoms with van der Waals surface area (Å²) in [6.45, 7) is 1.45. The van der Waals surface area contributed by atoms with Gasteiger partial charge in [0, 0.05) is 11.8 Å². The Hall–Kier alpha value is -3.74. The van der Waals surface area contributed by atoms with E-state index in [2.05, 4.69) is 5.32 Å². The van der Waals surface area contributed by atoms with Gasteiger partial charge in [0.1, 0.15) is 11.3 Å². The molecule has 2 N–H and O–H groups in total. The molecule has 0 heterocycles. The van der Waals surface area contributed by atoms with E-state index in [1.807, 2.05) is 24.3 Å². The minimum absolute atomic E-state index is 0.00512. The number of phenolic OH excluding ortho intramolecular Hbond substituents is 1. The summed E-state index contributed by atoms with van der Waals surface area (Å²) in [5.41, 5.74) is 0.457. The van der Waals surface area contributed by atoms with Crippen molar-refractivity contribution in [3.8, 4) is 17.2 Å². The van der Waals surface area contributed by atoms with Gasteiger partial charge in [0.25, 0.3) is 5.91 Å². The van der Waals surface area contributed by atoms with Crippen LogP contribution < -0.4 is 14.8 Å². The molecule has 0 saturated carbocycles. The van der Waals surface area contributed by atoms with E-state index in [9.17, 15) is 14.7 Å². The molecule has 0 fully saturated rings. The number of carbonyl (C=O) groups is 2. The smallest absolute Gasteiger partial charge is 0.342 e. The van der Waals surface area contributed by atoms with E-state index in [1.54, 1.807) is 18.2 Å². The summed E-state index contributed by atoms with van der Waals surface area (Å²) in [5, 5.41) is 14.4. The molecule has 7 heteroatoms. The number of rotatable bonds is 6. The van der Waals surface area contributed by atoms with Gasteiger partial charge in [-0.15, -0.1) is 0 Å². The lowest BCUT2D eigenvalue weighted by atomic mass is 10.1. The van der Waals surface area contributed by atoms with Crippen LogP contribution >= 0.6 is 0 Å². The summed E-state index contributed by atoms with van der Waals surface area (Å²) in [7, 11) is 3.00. The second-order valence-electron chi connectivity index (χ2n) is 6.32. The highest BCUT2D eigenvalue weighted by molar-refractivity contribution is 6.01. The van der Waals surface area contributed by atoms with Crippen molar-refractivity contribution < 1.29 is 28.9 Å². The summed E-state index contributed by atoms with van der Waals surface area (Å²) in [6, 6.07) is 15.2. The molecule has 1 amide bonds. The van der Waals surface area contributed by atoms with Crippen LogP contribution in [0.25, 0.3) is 10.8 Å². The highest BCUT2D eigenvalue weighted by Gasteiger charge is 2.22. The fourth-order valence-electron chi connectivity index (χ4n) is 2.83. The van der Waals surface area contributed by atoms with E-state index < -0.39 is 18.0 Å². The van der Waals surface area contributed by atoms with Crippen LogP contribution in [0.4, 0.5) is 5.69 Å². The number of methoxy groups -OCH3 is 2. The number of phenols is 1. The molecule has 0 bridgehead atoms. The van der Waals surface area contributed by atoms with Gasteiger partial charge in [0.05, 0.1) is 14.2 Å². The Balaban J connectivity index is 1.71. The first-order valence-corrected chi connectivity index (χ1v) is 8.88.